The average molecular weight is 129 g/mol. The fourth-order valence-electron chi connectivity index (χ4n) is 0.337. The molecule has 1 aromatic heterocycles. The topological polar surface area (TPSA) is 54.5 Å². The summed E-state index contributed by atoms with van der Waals surface area (Å²) in [6.07, 6.45) is 3.56. The standard InChI is InChI=1S/C3H5N4S/c1-8-2-3-4-6-7-5-3/h1-2H2,(H,4,5,6,7). The van der Waals surface area contributed by atoms with E-state index in [0.29, 0.717) is 0 Å². The van der Waals surface area contributed by atoms with Crippen LogP contribution in [0.15, 0.2) is 0 Å². The van der Waals surface area contributed by atoms with Gasteiger partial charge in [-0.1, -0.05) is 0 Å². The van der Waals surface area contributed by atoms with E-state index in [0.717, 1.165) is 11.6 Å². The van der Waals surface area contributed by atoms with Crippen molar-refractivity contribution < 1.29 is 0 Å². The van der Waals surface area contributed by atoms with Crippen molar-refractivity contribution in [3.05, 3.63) is 12.1 Å². The van der Waals surface area contributed by atoms with Crippen LogP contribution in [0.25, 0.3) is 0 Å². The van der Waals surface area contributed by atoms with Crippen LogP contribution in [0.3, 0.4) is 0 Å². The molecular weight excluding hydrogens is 124 g/mol. The summed E-state index contributed by atoms with van der Waals surface area (Å²) in [5, 5.41) is 13.0. The van der Waals surface area contributed by atoms with Gasteiger partial charge in [0.15, 0.2) is 5.82 Å². The van der Waals surface area contributed by atoms with E-state index < -0.39 is 0 Å². The van der Waals surface area contributed by atoms with Gasteiger partial charge in [-0.05, 0) is 10.4 Å². The Hall–Kier alpha value is -0.580. The minimum Gasteiger partial charge on any atom is -0.242 e. The van der Waals surface area contributed by atoms with Gasteiger partial charge in [0.1, 0.15) is 0 Å². The molecule has 5 heteroatoms. The van der Waals surface area contributed by atoms with Gasteiger partial charge < -0.3 is 0 Å². The number of hydrogen-bond donors (Lipinski definition) is 1. The number of rotatable bonds is 2. The Morgan fingerprint density at radius 3 is 3.12 bits per heavy atom. The third-order valence-electron chi connectivity index (χ3n) is 0.628. The fraction of sp³-hybridized carbons (Fsp3) is 0.333. The molecule has 4 nitrogen and oxygen atoms in total. The van der Waals surface area contributed by atoms with Crippen LogP contribution in [0, 0.1) is 6.26 Å². The van der Waals surface area contributed by atoms with E-state index in [1.807, 2.05) is 0 Å². The van der Waals surface area contributed by atoms with Gasteiger partial charge in [0.25, 0.3) is 0 Å². The second-order valence-corrected chi connectivity index (χ2v) is 1.89. The van der Waals surface area contributed by atoms with E-state index >= 15 is 0 Å². The molecular formula is C3H5N4S. The van der Waals surface area contributed by atoms with Crippen molar-refractivity contribution in [1.82, 2.24) is 20.6 Å². The number of nitrogens with zero attached hydrogens (tertiary/aromatic N) is 3. The van der Waals surface area contributed by atoms with Crippen LogP contribution < -0.4 is 0 Å². The molecule has 0 atom stereocenters. The Morgan fingerprint density at radius 1 is 1.75 bits per heavy atom. The van der Waals surface area contributed by atoms with Crippen molar-refractivity contribution in [2.75, 3.05) is 0 Å². The Labute approximate surface area is 51.1 Å². The van der Waals surface area contributed by atoms with Gasteiger partial charge >= 0.3 is 0 Å². The molecule has 1 N–H and O–H groups in total. The Kier molecular flexibility index (Phi) is 1.85. The number of aromatic amines is 1. The van der Waals surface area contributed by atoms with Crippen LogP contribution in [-0.4, -0.2) is 20.6 Å². The maximum absolute atomic E-state index is 3.63. The maximum atomic E-state index is 3.63. The van der Waals surface area contributed by atoms with Gasteiger partial charge in [0.2, 0.25) is 0 Å². The van der Waals surface area contributed by atoms with Crippen LogP contribution in [0.1, 0.15) is 5.82 Å². The highest BCUT2D eigenvalue weighted by atomic mass is 32.2. The van der Waals surface area contributed by atoms with Crippen LogP contribution in [-0.2, 0) is 5.75 Å². The Bertz CT molecular complexity index is 137. The van der Waals surface area contributed by atoms with E-state index in [-0.39, 0.29) is 0 Å². The molecule has 0 saturated carbocycles. The zero-order valence-electron chi connectivity index (χ0n) is 4.16. The molecule has 0 aromatic carbocycles. The van der Waals surface area contributed by atoms with Gasteiger partial charge in [-0.3, -0.25) is 0 Å². The van der Waals surface area contributed by atoms with Crippen molar-refractivity contribution in [3.63, 3.8) is 0 Å². The lowest BCUT2D eigenvalue weighted by Crippen LogP contribution is -1.80. The van der Waals surface area contributed by atoms with Gasteiger partial charge in [-0.2, -0.15) is 11.8 Å². The molecule has 8 heavy (non-hydrogen) atoms. The number of thioether (sulfide) groups is 1. The van der Waals surface area contributed by atoms with Gasteiger partial charge in [-0.15, -0.1) is 5.10 Å². The zero-order valence-corrected chi connectivity index (χ0v) is 4.98. The molecule has 1 aromatic rings. The molecule has 0 saturated heterocycles. The van der Waals surface area contributed by atoms with E-state index in [1.165, 1.54) is 11.8 Å². The summed E-state index contributed by atoms with van der Waals surface area (Å²) >= 11 is 1.44. The molecule has 43 valence electrons. The zero-order chi connectivity index (χ0) is 5.82. The van der Waals surface area contributed by atoms with Gasteiger partial charge in [-0.25, -0.2) is 5.10 Å². The molecule has 0 amide bonds. The molecule has 0 fully saturated rings. The van der Waals surface area contributed by atoms with Crippen molar-refractivity contribution in [1.29, 1.82) is 0 Å². The van der Waals surface area contributed by atoms with Crippen LogP contribution in [0.5, 0.6) is 0 Å². The first-order chi connectivity index (χ1) is 3.93. The molecule has 0 aliphatic heterocycles. The third kappa shape index (κ3) is 1.19. The SMILES string of the molecule is [CH2]SCc1nnn[nH]1. The molecule has 0 bridgehead atoms. The number of nitrogens with one attached hydrogen (secondary N) is 1. The summed E-state index contributed by atoms with van der Waals surface area (Å²) < 4.78 is 0. The highest BCUT2D eigenvalue weighted by Gasteiger charge is 1.90. The number of hydrogen-bond acceptors (Lipinski definition) is 4. The predicted octanol–water partition coefficient (Wildman–Crippen LogP) is 0.224. The summed E-state index contributed by atoms with van der Waals surface area (Å²) in [5.74, 6) is 1.51. The van der Waals surface area contributed by atoms with Crippen LogP contribution in [0.2, 0.25) is 0 Å². The van der Waals surface area contributed by atoms with Crippen molar-refractivity contribution in [2.24, 2.45) is 0 Å². The summed E-state index contributed by atoms with van der Waals surface area (Å²) in [7, 11) is 0. The molecule has 1 radical (unpaired) electrons. The number of tetrazole rings is 1. The Balaban J connectivity index is 2.50. The fourth-order valence-corrected chi connectivity index (χ4v) is 0.652. The highest BCUT2D eigenvalue weighted by Crippen LogP contribution is 2.01. The molecule has 0 aliphatic rings. The number of aromatic nitrogens is 4. The van der Waals surface area contributed by atoms with Gasteiger partial charge in [0.05, 0.1) is 5.75 Å². The Morgan fingerprint density at radius 2 is 2.62 bits per heavy atom. The van der Waals surface area contributed by atoms with E-state index in [9.17, 15) is 0 Å². The molecule has 0 unspecified atom stereocenters. The molecule has 1 rings (SSSR count). The van der Waals surface area contributed by atoms with Crippen molar-refractivity contribution in [2.45, 2.75) is 5.75 Å². The normalized spacial score (nSPS) is 9.62. The molecule has 0 spiro atoms. The first-order valence-electron chi connectivity index (χ1n) is 2.03. The average Bonchev–Trinajstić information content (AvgIpc) is 2.19. The predicted molar refractivity (Wildman–Crippen MR) is 30.8 cm³/mol. The highest BCUT2D eigenvalue weighted by molar-refractivity contribution is 7.99. The summed E-state index contributed by atoms with van der Waals surface area (Å²) in [6, 6.07) is 0. The van der Waals surface area contributed by atoms with Crippen molar-refractivity contribution >= 4 is 11.8 Å². The summed E-state index contributed by atoms with van der Waals surface area (Å²) in [6.45, 7) is 0. The van der Waals surface area contributed by atoms with E-state index in [2.05, 4.69) is 26.9 Å². The lowest BCUT2D eigenvalue weighted by atomic mass is 10.8. The first-order valence-corrected chi connectivity index (χ1v) is 3.18. The first kappa shape index (κ1) is 5.55. The van der Waals surface area contributed by atoms with E-state index in [1.54, 1.807) is 0 Å². The van der Waals surface area contributed by atoms with E-state index in [4.69, 9.17) is 0 Å². The third-order valence-corrected chi connectivity index (χ3v) is 1.11. The van der Waals surface area contributed by atoms with Gasteiger partial charge in [0, 0.05) is 6.26 Å². The minimum atomic E-state index is 0.743. The van der Waals surface area contributed by atoms with Crippen LogP contribution >= 0.6 is 11.8 Å². The largest absolute Gasteiger partial charge is 0.242 e. The molecule has 0 aliphatic carbocycles. The quantitative estimate of drug-likeness (QED) is 0.620. The number of H-pyrrole nitrogens is 1. The minimum absolute atomic E-state index is 0.743. The second kappa shape index (κ2) is 2.66. The monoisotopic (exact) mass is 129 g/mol. The smallest absolute Gasteiger partial charge is 0.158 e. The lowest BCUT2D eigenvalue weighted by Gasteiger charge is -1.82. The summed E-state index contributed by atoms with van der Waals surface area (Å²) in [4.78, 5) is 0. The second-order valence-electron chi connectivity index (χ2n) is 1.20. The maximum Gasteiger partial charge on any atom is 0.158 e. The molecule has 1 heterocycles. The van der Waals surface area contributed by atoms with Crippen LogP contribution in [0.4, 0.5) is 0 Å². The summed E-state index contributed by atoms with van der Waals surface area (Å²) in [5.41, 5.74) is 0. The van der Waals surface area contributed by atoms with Crippen molar-refractivity contribution in [3.8, 4) is 0 Å². The lowest BCUT2D eigenvalue weighted by molar-refractivity contribution is 0.881.